The summed E-state index contributed by atoms with van der Waals surface area (Å²) in [5.41, 5.74) is 2.31. The number of nitrogens with two attached hydrogens (primary N) is 1. The normalized spacial score (nSPS) is 15.2. The second kappa shape index (κ2) is 63.5. The molecule has 3 aliphatic heterocycles. The third kappa shape index (κ3) is 61.0. The molecule has 10 amide bonds. The molecule has 0 saturated carbocycles. The quantitative estimate of drug-likeness (QED) is 0.0173. The van der Waals surface area contributed by atoms with Crippen LogP contribution in [0.4, 0.5) is 24.0 Å². The van der Waals surface area contributed by atoms with Gasteiger partial charge in [-0.1, -0.05) is 72.9 Å². The number of alkyl carbamates (subject to hydrolysis) is 5. The highest BCUT2D eigenvalue weighted by atomic mass is 16.6. The summed E-state index contributed by atoms with van der Waals surface area (Å²) >= 11 is 0. The number of carboxylic acids is 1. The van der Waals surface area contributed by atoms with Gasteiger partial charge in [0, 0.05) is 39.3 Å². The number of esters is 6. The summed E-state index contributed by atoms with van der Waals surface area (Å²) in [4.78, 5) is 204. The first kappa shape index (κ1) is 120. The molecule has 0 aromatic heterocycles. The van der Waals surface area contributed by atoms with Gasteiger partial charge in [-0.25, -0.2) is 28.8 Å². The summed E-state index contributed by atoms with van der Waals surface area (Å²) in [5, 5.41) is 23.8. The fourth-order valence-corrected chi connectivity index (χ4v) is 9.31. The lowest BCUT2D eigenvalue weighted by atomic mass is 10.1. The van der Waals surface area contributed by atoms with E-state index in [2.05, 4.69) is 99.8 Å². The number of carbonyl (C=O) groups excluding carboxylic acids is 16. The minimum Gasteiger partial charge on any atom is -0.480 e. The number of rotatable bonds is 32. The monoisotopic (exact) mass is 1790 g/mol. The molecule has 0 spiro atoms. The largest absolute Gasteiger partial charge is 0.480 e. The van der Waals surface area contributed by atoms with Gasteiger partial charge in [-0.15, -0.1) is 39.5 Å². The van der Waals surface area contributed by atoms with Gasteiger partial charge < -0.3 is 119 Å². The third-order valence-electron chi connectivity index (χ3n) is 14.9. The average Bonchev–Trinajstić information content (AvgIpc) is 1.70. The van der Waals surface area contributed by atoms with Gasteiger partial charge in [-0.3, -0.25) is 52.7 Å². The van der Waals surface area contributed by atoms with Gasteiger partial charge >= 0.3 is 72.3 Å². The van der Waals surface area contributed by atoms with E-state index in [9.17, 15) is 81.5 Å². The van der Waals surface area contributed by atoms with Crippen molar-refractivity contribution in [2.45, 2.75) is 207 Å². The summed E-state index contributed by atoms with van der Waals surface area (Å²) in [5.74, 6) is -5.69. The molecule has 0 aromatic rings. The van der Waals surface area contributed by atoms with Crippen molar-refractivity contribution in [3.05, 3.63) is 112 Å². The zero-order valence-electron chi connectivity index (χ0n) is 77.1. The van der Waals surface area contributed by atoms with Crippen molar-refractivity contribution in [1.82, 2.24) is 56.4 Å². The maximum atomic E-state index is 12.5. The maximum Gasteiger partial charge on any atom is 0.408 e. The van der Waals surface area contributed by atoms with Gasteiger partial charge in [0.2, 0.25) is 29.5 Å². The molecule has 3 heterocycles. The van der Waals surface area contributed by atoms with E-state index in [-0.39, 0.29) is 95.3 Å². The van der Waals surface area contributed by atoms with Crippen LogP contribution < -0.4 is 37.6 Å². The predicted molar refractivity (Wildman–Crippen MR) is 466 cm³/mol. The van der Waals surface area contributed by atoms with E-state index in [1.807, 2.05) is 12.2 Å². The van der Waals surface area contributed by atoms with Crippen molar-refractivity contribution < 1.29 is 139 Å². The molecule has 41 heteroatoms. The number of carbonyl (C=O) groups is 17. The molecule has 0 aliphatic carbocycles. The molecule has 0 radical (unpaired) electrons. The van der Waals surface area contributed by atoms with Gasteiger partial charge in [0.1, 0.15) is 90.9 Å². The van der Waals surface area contributed by atoms with Gasteiger partial charge in [-0.2, -0.15) is 0 Å². The van der Waals surface area contributed by atoms with Gasteiger partial charge in [0.25, 0.3) is 0 Å². The second-order valence-corrected chi connectivity index (χ2v) is 31.7. The number of carboxylic acid groups (broad SMARTS) is 1. The fourth-order valence-electron chi connectivity index (χ4n) is 9.31. The Morgan fingerprint density at radius 2 is 0.683 bits per heavy atom. The highest BCUT2D eigenvalue weighted by molar-refractivity contribution is 5.92. The minimum absolute atomic E-state index is 0.0344. The number of hydrogen-bond donors (Lipinski definition) is 8. The lowest BCUT2D eigenvalue weighted by molar-refractivity contribution is -0.147. The molecule has 41 nitrogen and oxygen atoms in total. The van der Waals surface area contributed by atoms with E-state index in [1.165, 1.54) is 97.5 Å². The number of methoxy groups -OCH3 is 6. The van der Waals surface area contributed by atoms with E-state index in [0.29, 0.717) is 45.4 Å². The summed E-state index contributed by atoms with van der Waals surface area (Å²) in [6.45, 7) is 48.4. The molecule has 9 N–H and O–H groups in total. The highest BCUT2D eigenvalue weighted by Gasteiger charge is 2.35. The molecule has 712 valence electrons. The Kier molecular flexibility index (Phi) is 60.4. The Morgan fingerprint density at radius 1 is 0.405 bits per heavy atom. The van der Waals surface area contributed by atoms with Crippen molar-refractivity contribution in [2.24, 2.45) is 5.73 Å². The third-order valence-corrected chi connectivity index (χ3v) is 14.9. The first-order chi connectivity index (χ1) is 58.4. The van der Waals surface area contributed by atoms with Crippen LogP contribution in [0.25, 0.3) is 0 Å². The van der Waals surface area contributed by atoms with Crippen LogP contribution in [0.15, 0.2) is 112 Å². The molecular formula is C85H138N12O29. The van der Waals surface area contributed by atoms with E-state index in [0.717, 1.165) is 0 Å². The number of amides is 10. The predicted octanol–water partition coefficient (Wildman–Crippen LogP) is 5.72. The zero-order valence-corrected chi connectivity index (χ0v) is 77.1. The topological polar surface area (TPSA) is 526 Å². The van der Waals surface area contributed by atoms with Gasteiger partial charge in [0.05, 0.1) is 55.2 Å². The summed E-state index contributed by atoms with van der Waals surface area (Å²) in [6.07, 6.45) is 18.2. The van der Waals surface area contributed by atoms with E-state index in [4.69, 9.17) is 34.5 Å². The highest BCUT2D eigenvalue weighted by Crippen LogP contribution is 2.16. The van der Waals surface area contributed by atoms with Crippen LogP contribution >= 0.6 is 0 Å². The SMILES string of the molecule is C=CCNCC(=O)OC.C=CC[C@H](NC(=O)OC(C)(C)C)C(=O)N(CC=C)CC(=O)OC.C=CC[C@H](NC(=O)OC(C)(C)C)C(=O)N(CC=C)CC(=O)OC.C=CC[C@H](NC(=O)OC(C)(C)C)C(=O)O.COC(=O)CN1CC=CC[C@H](N)C1=O.COC(=O)CN1CC=CC[C@H](NC(=O)OC(C)(C)C)C1=O.COC(=O)CN1CC=CC[C@H](NC(=O)OC(C)(C)C)C1=O. The minimum atomic E-state index is -1.11. The van der Waals surface area contributed by atoms with Crippen molar-refractivity contribution in [1.29, 1.82) is 0 Å². The average molecular weight is 1790 g/mol. The zero-order chi connectivity index (χ0) is 97.9. The summed E-state index contributed by atoms with van der Waals surface area (Å²) in [6, 6.07) is -4.79. The van der Waals surface area contributed by atoms with Crippen LogP contribution in [-0.2, 0) is 110 Å². The lowest BCUT2D eigenvalue weighted by Crippen LogP contribution is -2.50. The van der Waals surface area contributed by atoms with Crippen molar-refractivity contribution in [2.75, 3.05) is 121 Å². The van der Waals surface area contributed by atoms with Crippen LogP contribution in [0.3, 0.4) is 0 Å². The molecule has 0 fully saturated rings. The molecule has 3 aliphatic rings. The second-order valence-electron chi connectivity index (χ2n) is 31.7. The summed E-state index contributed by atoms with van der Waals surface area (Å²) in [7, 11) is 7.64. The Morgan fingerprint density at radius 3 is 0.952 bits per heavy atom. The molecule has 3 rings (SSSR count). The van der Waals surface area contributed by atoms with Crippen LogP contribution in [0, 0.1) is 0 Å². The van der Waals surface area contributed by atoms with Gasteiger partial charge in [0.15, 0.2) is 0 Å². The Hall–Kier alpha value is -12.4. The molecule has 0 bridgehead atoms. The number of ether oxygens (including phenoxy) is 11. The number of aliphatic carboxylic acids is 1. The number of nitrogens with zero attached hydrogens (tertiary/aromatic N) is 5. The van der Waals surface area contributed by atoms with E-state index >= 15 is 0 Å². The Balaban J connectivity index is -0.000000699. The number of nitrogens with one attached hydrogen (secondary N) is 6. The first-order valence-corrected chi connectivity index (χ1v) is 39.6. The molecule has 6 atom stereocenters. The van der Waals surface area contributed by atoms with Gasteiger partial charge in [-0.05, 0) is 142 Å². The van der Waals surface area contributed by atoms with E-state index in [1.54, 1.807) is 134 Å². The maximum absolute atomic E-state index is 12.5. The van der Waals surface area contributed by atoms with Crippen LogP contribution in [0.2, 0.25) is 0 Å². The molecule has 0 unspecified atom stereocenters. The first-order valence-electron chi connectivity index (χ1n) is 39.6. The van der Waals surface area contributed by atoms with Crippen LogP contribution in [-0.4, -0.2) is 317 Å². The molecule has 0 saturated heterocycles. The van der Waals surface area contributed by atoms with Crippen LogP contribution in [0.5, 0.6) is 0 Å². The van der Waals surface area contributed by atoms with E-state index < -0.39 is 142 Å². The number of hydrogen-bond acceptors (Lipinski definition) is 30. The summed E-state index contributed by atoms with van der Waals surface area (Å²) < 4.78 is 52.5. The fraction of sp³-hybridized carbons (Fsp3) is 0.588. The van der Waals surface area contributed by atoms with Crippen molar-refractivity contribution >= 4 is 102 Å². The molecule has 126 heavy (non-hydrogen) atoms. The van der Waals surface area contributed by atoms with Crippen molar-refractivity contribution in [3.63, 3.8) is 0 Å². The standard InChI is InChI=1S/2C16H26N2O5.2C14H22N2O5.C10H17NO4.C9H14N2O3.C6H11NO2/c2*1-7-9-12(17-15(21)23-16(3,4)5)14(20)18(10-8-2)11-13(19)22-6;2*1-14(2,3)21-13(19)15-10-7-5-6-8-16(12(10)18)9-11(17)20-4;1-5-6-7(8(12)13)11-9(14)15-10(2,3)4;1-14-8(12)6-11-5-3-2-4-7(10)9(11)13;1-3-4-7-5-6(8)9-2/h2*7-8,12H,1-2,9-11H2,3-6H3,(H,17,21);2*5-6,10H,7-9H2,1-4H3,(H,15,19);5,7H,1,6H2,2-4H3,(H,11,14)(H,12,13);2-3,7H,4-6,10H2,1H3;3,7H,1,4-5H2,2H3/t2*12-;2*10-;2*7-;/m000000./s1. The lowest BCUT2D eigenvalue weighted by Gasteiger charge is -2.27. The Bertz CT molecular complexity index is 3510. The van der Waals surface area contributed by atoms with Crippen LogP contribution in [0.1, 0.15) is 142 Å². The molecular weight excluding hydrogens is 1650 g/mol. The smallest absolute Gasteiger partial charge is 0.408 e. The van der Waals surface area contributed by atoms with Crippen molar-refractivity contribution in [3.8, 4) is 0 Å². The molecule has 0 aromatic carbocycles. The Labute approximate surface area is 739 Å².